The lowest BCUT2D eigenvalue weighted by atomic mass is 10.2. The first-order valence-corrected chi connectivity index (χ1v) is 5.68. The van der Waals surface area contributed by atoms with E-state index >= 15 is 0 Å². The van der Waals surface area contributed by atoms with Crippen LogP contribution in [0.3, 0.4) is 0 Å². The summed E-state index contributed by atoms with van der Waals surface area (Å²) in [4.78, 5) is 8.59. The maximum Gasteiger partial charge on any atom is 0.132 e. The van der Waals surface area contributed by atoms with Crippen molar-refractivity contribution in [2.45, 2.75) is 32.1 Å². The number of anilines is 1. The van der Waals surface area contributed by atoms with Crippen molar-refractivity contribution >= 4 is 5.82 Å². The Hall–Kier alpha value is -1.16. The fourth-order valence-corrected chi connectivity index (χ4v) is 1.99. The van der Waals surface area contributed by atoms with Crippen molar-refractivity contribution in [2.24, 2.45) is 5.73 Å². The van der Waals surface area contributed by atoms with Gasteiger partial charge in [0.25, 0.3) is 0 Å². The van der Waals surface area contributed by atoms with Gasteiger partial charge in [-0.2, -0.15) is 0 Å². The van der Waals surface area contributed by atoms with Crippen LogP contribution in [-0.2, 0) is 12.8 Å². The predicted molar refractivity (Wildman–Crippen MR) is 60.8 cm³/mol. The van der Waals surface area contributed by atoms with E-state index in [1.54, 1.807) is 6.33 Å². The smallest absolute Gasteiger partial charge is 0.132 e. The molecule has 0 saturated heterocycles. The first-order valence-electron chi connectivity index (χ1n) is 5.68. The first kappa shape index (κ1) is 10.4. The first-order chi connectivity index (χ1) is 7.42. The average molecular weight is 206 g/mol. The van der Waals surface area contributed by atoms with Crippen LogP contribution in [0.5, 0.6) is 0 Å². The van der Waals surface area contributed by atoms with Crippen molar-refractivity contribution in [1.29, 1.82) is 0 Å². The summed E-state index contributed by atoms with van der Waals surface area (Å²) in [6.45, 7) is 1.73. The number of hydrogen-bond acceptors (Lipinski definition) is 4. The third-order valence-electron chi connectivity index (χ3n) is 2.80. The standard InChI is InChI=1S/C11H18N4/c12-6-1-2-7-13-11-9-4-3-5-10(9)14-8-15-11/h8H,1-7,12H2,(H,13,14,15). The zero-order valence-electron chi connectivity index (χ0n) is 9.00. The summed E-state index contributed by atoms with van der Waals surface area (Å²) in [5.74, 6) is 1.04. The summed E-state index contributed by atoms with van der Waals surface area (Å²) in [5, 5.41) is 3.37. The summed E-state index contributed by atoms with van der Waals surface area (Å²) in [6, 6.07) is 0. The van der Waals surface area contributed by atoms with Crippen molar-refractivity contribution in [3.8, 4) is 0 Å². The van der Waals surface area contributed by atoms with Crippen molar-refractivity contribution < 1.29 is 0 Å². The molecule has 1 aliphatic carbocycles. The second-order valence-electron chi connectivity index (χ2n) is 3.92. The number of nitrogens with zero attached hydrogens (tertiary/aromatic N) is 2. The molecule has 4 heteroatoms. The molecular weight excluding hydrogens is 188 g/mol. The van der Waals surface area contributed by atoms with E-state index in [0.717, 1.165) is 44.6 Å². The van der Waals surface area contributed by atoms with E-state index in [0.29, 0.717) is 0 Å². The number of nitrogens with two attached hydrogens (primary N) is 1. The van der Waals surface area contributed by atoms with Crippen LogP contribution in [0.2, 0.25) is 0 Å². The summed E-state index contributed by atoms with van der Waals surface area (Å²) in [7, 11) is 0. The van der Waals surface area contributed by atoms with E-state index < -0.39 is 0 Å². The molecule has 0 bridgehead atoms. The van der Waals surface area contributed by atoms with E-state index in [1.807, 2.05) is 0 Å². The van der Waals surface area contributed by atoms with Crippen molar-refractivity contribution in [3.05, 3.63) is 17.6 Å². The Kier molecular flexibility index (Phi) is 3.50. The summed E-state index contributed by atoms with van der Waals surface area (Å²) in [5.41, 5.74) is 8.00. The van der Waals surface area contributed by atoms with Crippen LogP contribution in [0.1, 0.15) is 30.5 Å². The highest BCUT2D eigenvalue weighted by atomic mass is 15.0. The van der Waals surface area contributed by atoms with Gasteiger partial charge in [0.15, 0.2) is 0 Å². The van der Waals surface area contributed by atoms with E-state index in [4.69, 9.17) is 5.73 Å². The fraction of sp³-hybridized carbons (Fsp3) is 0.636. The molecule has 0 unspecified atom stereocenters. The van der Waals surface area contributed by atoms with Crippen LogP contribution in [0.15, 0.2) is 6.33 Å². The minimum atomic E-state index is 0.767. The lowest BCUT2D eigenvalue weighted by Crippen LogP contribution is -2.09. The highest BCUT2D eigenvalue weighted by molar-refractivity contribution is 5.47. The van der Waals surface area contributed by atoms with Crippen LogP contribution in [0.25, 0.3) is 0 Å². The van der Waals surface area contributed by atoms with Gasteiger partial charge in [0, 0.05) is 17.8 Å². The molecule has 1 aromatic heterocycles. The monoisotopic (exact) mass is 206 g/mol. The van der Waals surface area contributed by atoms with Gasteiger partial charge in [0.2, 0.25) is 0 Å². The normalized spacial score (nSPS) is 13.9. The Morgan fingerprint density at radius 2 is 2.20 bits per heavy atom. The Morgan fingerprint density at radius 1 is 1.27 bits per heavy atom. The Morgan fingerprint density at radius 3 is 3.07 bits per heavy atom. The number of hydrogen-bond donors (Lipinski definition) is 2. The molecule has 0 atom stereocenters. The van der Waals surface area contributed by atoms with Gasteiger partial charge in [0.05, 0.1) is 0 Å². The van der Waals surface area contributed by atoms with Crippen LogP contribution >= 0.6 is 0 Å². The zero-order valence-corrected chi connectivity index (χ0v) is 9.00. The molecule has 2 rings (SSSR count). The highest BCUT2D eigenvalue weighted by Gasteiger charge is 2.16. The van der Waals surface area contributed by atoms with Crippen molar-refractivity contribution in [2.75, 3.05) is 18.4 Å². The molecule has 4 nitrogen and oxygen atoms in total. The molecule has 0 spiro atoms. The minimum absolute atomic E-state index is 0.767. The molecule has 1 aromatic rings. The highest BCUT2D eigenvalue weighted by Crippen LogP contribution is 2.24. The molecular formula is C11H18N4. The summed E-state index contributed by atoms with van der Waals surface area (Å²) < 4.78 is 0. The predicted octanol–water partition coefficient (Wildman–Crippen LogP) is 1.12. The van der Waals surface area contributed by atoms with Gasteiger partial charge in [0.1, 0.15) is 12.1 Å². The number of fused-ring (bicyclic) bond motifs is 1. The van der Waals surface area contributed by atoms with E-state index in [2.05, 4.69) is 15.3 Å². The van der Waals surface area contributed by atoms with Crippen molar-refractivity contribution in [1.82, 2.24) is 9.97 Å². The number of nitrogens with one attached hydrogen (secondary N) is 1. The van der Waals surface area contributed by atoms with E-state index in [-0.39, 0.29) is 0 Å². The molecule has 1 heterocycles. The van der Waals surface area contributed by atoms with Crippen LogP contribution in [0.4, 0.5) is 5.82 Å². The molecule has 0 amide bonds. The van der Waals surface area contributed by atoms with Gasteiger partial charge in [-0.25, -0.2) is 9.97 Å². The molecule has 0 fully saturated rings. The van der Waals surface area contributed by atoms with E-state index in [1.165, 1.54) is 17.7 Å². The Bertz CT molecular complexity index is 324. The number of aryl methyl sites for hydroxylation is 1. The van der Waals surface area contributed by atoms with Crippen LogP contribution < -0.4 is 11.1 Å². The number of unbranched alkanes of at least 4 members (excludes halogenated alkanes) is 1. The number of rotatable bonds is 5. The Labute approximate surface area is 90.3 Å². The molecule has 0 saturated carbocycles. The van der Waals surface area contributed by atoms with E-state index in [9.17, 15) is 0 Å². The summed E-state index contributed by atoms with van der Waals surface area (Å²) >= 11 is 0. The molecule has 0 aromatic carbocycles. The Balaban J connectivity index is 1.94. The molecule has 1 aliphatic rings. The zero-order chi connectivity index (χ0) is 10.5. The maximum absolute atomic E-state index is 5.44. The maximum atomic E-state index is 5.44. The lowest BCUT2D eigenvalue weighted by molar-refractivity contribution is 0.771. The molecule has 82 valence electrons. The second kappa shape index (κ2) is 5.07. The fourth-order valence-electron chi connectivity index (χ4n) is 1.99. The second-order valence-corrected chi connectivity index (χ2v) is 3.92. The molecule has 0 aliphatic heterocycles. The van der Waals surface area contributed by atoms with Crippen molar-refractivity contribution in [3.63, 3.8) is 0 Å². The van der Waals surface area contributed by atoms with Gasteiger partial charge in [-0.3, -0.25) is 0 Å². The largest absolute Gasteiger partial charge is 0.370 e. The third-order valence-corrected chi connectivity index (χ3v) is 2.80. The van der Waals surface area contributed by atoms with Gasteiger partial charge >= 0.3 is 0 Å². The van der Waals surface area contributed by atoms with Gasteiger partial charge < -0.3 is 11.1 Å². The quantitative estimate of drug-likeness (QED) is 0.708. The number of aromatic nitrogens is 2. The average Bonchev–Trinajstić information content (AvgIpc) is 2.73. The minimum Gasteiger partial charge on any atom is -0.370 e. The van der Waals surface area contributed by atoms with Gasteiger partial charge in [-0.1, -0.05) is 0 Å². The van der Waals surface area contributed by atoms with Crippen LogP contribution in [-0.4, -0.2) is 23.1 Å². The molecule has 0 radical (unpaired) electrons. The lowest BCUT2D eigenvalue weighted by Gasteiger charge is -2.08. The van der Waals surface area contributed by atoms with Gasteiger partial charge in [-0.05, 0) is 38.6 Å². The topological polar surface area (TPSA) is 63.8 Å². The molecule has 15 heavy (non-hydrogen) atoms. The summed E-state index contributed by atoms with van der Waals surface area (Å²) in [6.07, 6.45) is 7.28. The third kappa shape index (κ3) is 2.45. The van der Waals surface area contributed by atoms with Gasteiger partial charge in [-0.15, -0.1) is 0 Å². The van der Waals surface area contributed by atoms with Crippen LogP contribution in [0, 0.1) is 0 Å². The molecule has 3 N–H and O–H groups in total. The SMILES string of the molecule is NCCCCNc1ncnc2c1CCC2.